The number of rotatable bonds is 4. The fraction of sp³-hybridized carbons (Fsp3) is 0.467. The molecule has 0 spiro atoms. The van der Waals surface area contributed by atoms with E-state index in [0.29, 0.717) is 18.3 Å². The van der Waals surface area contributed by atoms with Crippen LogP contribution in [0.5, 0.6) is 11.5 Å². The Morgan fingerprint density at radius 1 is 1.24 bits per heavy atom. The second kappa shape index (κ2) is 5.73. The highest BCUT2D eigenvalue weighted by molar-refractivity contribution is 5.60. The molecule has 2 N–H and O–H groups in total. The average Bonchev–Trinajstić information content (AvgIpc) is 2.97. The fourth-order valence-corrected chi connectivity index (χ4v) is 2.63. The SMILES string of the molecule is COc1cc(OC)cc(-c2nc3n(n2)CC(CN)CC3)c1. The third-order valence-electron chi connectivity index (χ3n) is 3.90. The standard InChI is InChI=1S/C15H20N4O2/c1-20-12-5-11(6-13(7-12)21-2)15-17-14-4-3-10(8-16)9-19(14)18-15/h5-7,10H,3-4,8-9,16H2,1-2H3. The maximum absolute atomic E-state index is 5.76. The van der Waals surface area contributed by atoms with E-state index in [1.807, 2.05) is 22.9 Å². The smallest absolute Gasteiger partial charge is 0.181 e. The van der Waals surface area contributed by atoms with Crippen LogP contribution in [0.4, 0.5) is 0 Å². The van der Waals surface area contributed by atoms with Gasteiger partial charge in [0.15, 0.2) is 5.82 Å². The molecule has 1 aromatic carbocycles. The molecule has 1 aliphatic rings. The van der Waals surface area contributed by atoms with Gasteiger partial charge in [-0.1, -0.05) is 0 Å². The minimum absolute atomic E-state index is 0.492. The van der Waals surface area contributed by atoms with Crippen molar-refractivity contribution in [3.63, 3.8) is 0 Å². The number of nitrogens with zero attached hydrogens (tertiary/aromatic N) is 3. The van der Waals surface area contributed by atoms with Crippen molar-refractivity contribution in [2.45, 2.75) is 19.4 Å². The van der Waals surface area contributed by atoms with Gasteiger partial charge in [-0.15, -0.1) is 0 Å². The molecule has 1 atom stereocenters. The molecule has 112 valence electrons. The lowest BCUT2D eigenvalue weighted by molar-refractivity contribution is 0.350. The van der Waals surface area contributed by atoms with E-state index in [1.165, 1.54) is 0 Å². The second-order valence-corrected chi connectivity index (χ2v) is 5.28. The third-order valence-corrected chi connectivity index (χ3v) is 3.90. The highest BCUT2D eigenvalue weighted by Crippen LogP contribution is 2.29. The van der Waals surface area contributed by atoms with Crippen LogP contribution in [-0.4, -0.2) is 35.5 Å². The molecule has 2 heterocycles. The Bertz CT molecular complexity index is 616. The number of hydrogen-bond acceptors (Lipinski definition) is 5. The molecule has 0 aliphatic carbocycles. The van der Waals surface area contributed by atoms with E-state index in [2.05, 4.69) is 10.1 Å². The van der Waals surface area contributed by atoms with Crippen LogP contribution in [0, 0.1) is 5.92 Å². The van der Waals surface area contributed by atoms with Crippen LogP contribution in [0.1, 0.15) is 12.2 Å². The predicted molar refractivity (Wildman–Crippen MR) is 79.4 cm³/mol. The molecule has 6 heteroatoms. The van der Waals surface area contributed by atoms with E-state index in [4.69, 9.17) is 15.2 Å². The minimum atomic E-state index is 0.492. The number of ether oxygens (including phenoxy) is 2. The van der Waals surface area contributed by atoms with Crippen LogP contribution in [-0.2, 0) is 13.0 Å². The molecule has 1 unspecified atom stereocenters. The van der Waals surface area contributed by atoms with Gasteiger partial charge >= 0.3 is 0 Å². The van der Waals surface area contributed by atoms with Gasteiger partial charge in [0.05, 0.1) is 14.2 Å². The van der Waals surface area contributed by atoms with Crippen LogP contribution in [0.25, 0.3) is 11.4 Å². The number of hydrogen-bond donors (Lipinski definition) is 1. The van der Waals surface area contributed by atoms with Gasteiger partial charge in [0.25, 0.3) is 0 Å². The Morgan fingerprint density at radius 2 is 1.95 bits per heavy atom. The summed E-state index contributed by atoms with van der Waals surface area (Å²) < 4.78 is 12.6. The summed E-state index contributed by atoms with van der Waals surface area (Å²) in [6.45, 7) is 1.54. The maximum atomic E-state index is 5.76. The van der Waals surface area contributed by atoms with Gasteiger partial charge in [-0.05, 0) is 31.0 Å². The number of aromatic nitrogens is 3. The first-order chi connectivity index (χ1) is 10.2. The van der Waals surface area contributed by atoms with E-state index in [0.717, 1.165) is 42.3 Å². The van der Waals surface area contributed by atoms with E-state index < -0.39 is 0 Å². The molecule has 6 nitrogen and oxygen atoms in total. The van der Waals surface area contributed by atoms with Gasteiger partial charge < -0.3 is 15.2 Å². The number of methoxy groups -OCH3 is 2. The van der Waals surface area contributed by atoms with Gasteiger partial charge in [-0.25, -0.2) is 9.67 Å². The summed E-state index contributed by atoms with van der Waals surface area (Å²) in [6.07, 6.45) is 2.01. The fourth-order valence-electron chi connectivity index (χ4n) is 2.63. The van der Waals surface area contributed by atoms with Crippen molar-refractivity contribution >= 4 is 0 Å². The Morgan fingerprint density at radius 3 is 2.57 bits per heavy atom. The van der Waals surface area contributed by atoms with Crippen molar-refractivity contribution in [1.82, 2.24) is 14.8 Å². The largest absolute Gasteiger partial charge is 0.497 e. The first kappa shape index (κ1) is 13.9. The molecule has 21 heavy (non-hydrogen) atoms. The topological polar surface area (TPSA) is 75.2 Å². The zero-order chi connectivity index (χ0) is 14.8. The van der Waals surface area contributed by atoms with E-state index in [1.54, 1.807) is 14.2 Å². The molecule has 3 rings (SSSR count). The van der Waals surface area contributed by atoms with Gasteiger partial charge in [-0.2, -0.15) is 5.10 Å². The first-order valence-corrected chi connectivity index (χ1v) is 7.10. The summed E-state index contributed by atoms with van der Waals surface area (Å²) in [4.78, 5) is 4.64. The molecular formula is C15H20N4O2. The number of fused-ring (bicyclic) bond motifs is 1. The maximum Gasteiger partial charge on any atom is 0.181 e. The lowest BCUT2D eigenvalue weighted by Crippen LogP contribution is -2.27. The van der Waals surface area contributed by atoms with E-state index in [-0.39, 0.29) is 0 Å². The zero-order valence-corrected chi connectivity index (χ0v) is 12.4. The zero-order valence-electron chi connectivity index (χ0n) is 12.4. The number of aryl methyl sites for hydroxylation is 1. The summed E-state index contributed by atoms with van der Waals surface area (Å²) in [5, 5.41) is 4.61. The summed E-state index contributed by atoms with van der Waals surface area (Å²) in [5.41, 5.74) is 6.66. The highest BCUT2D eigenvalue weighted by Gasteiger charge is 2.21. The Labute approximate surface area is 123 Å². The summed E-state index contributed by atoms with van der Waals surface area (Å²) >= 11 is 0. The van der Waals surface area contributed by atoms with Gasteiger partial charge in [0, 0.05) is 24.6 Å². The lowest BCUT2D eigenvalue weighted by Gasteiger charge is -2.20. The van der Waals surface area contributed by atoms with E-state index >= 15 is 0 Å². The van der Waals surface area contributed by atoms with Crippen LogP contribution in [0.2, 0.25) is 0 Å². The molecule has 0 amide bonds. The number of nitrogens with two attached hydrogens (primary N) is 1. The minimum Gasteiger partial charge on any atom is -0.497 e. The predicted octanol–water partition coefficient (Wildman–Crippen LogP) is 1.48. The first-order valence-electron chi connectivity index (χ1n) is 7.10. The normalized spacial score (nSPS) is 17.4. The number of benzene rings is 1. The Balaban J connectivity index is 1.96. The van der Waals surface area contributed by atoms with Crippen molar-refractivity contribution in [2.75, 3.05) is 20.8 Å². The molecule has 0 fully saturated rings. The third kappa shape index (κ3) is 2.71. The molecule has 0 saturated carbocycles. The van der Waals surface area contributed by atoms with Gasteiger partial charge in [-0.3, -0.25) is 0 Å². The molecule has 1 aromatic heterocycles. The van der Waals surface area contributed by atoms with Crippen molar-refractivity contribution in [3.05, 3.63) is 24.0 Å². The van der Waals surface area contributed by atoms with Crippen molar-refractivity contribution in [1.29, 1.82) is 0 Å². The monoisotopic (exact) mass is 288 g/mol. The van der Waals surface area contributed by atoms with Crippen LogP contribution >= 0.6 is 0 Å². The van der Waals surface area contributed by atoms with Crippen molar-refractivity contribution in [2.24, 2.45) is 11.7 Å². The van der Waals surface area contributed by atoms with Crippen molar-refractivity contribution < 1.29 is 9.47 Å². The van der Waals surface area contributed by atoms with Crippen LogP contribution in [0.3, 0.4) is 0 Å². The average molecular weight is 288 g/mol. The van der Waals surface area contributed by atoms with Crippen LogP contribution < -0.4 is 15.2 Å². The second-order valence-electron chi connectivity index (χ2n) is 5.28. The molecule has 0 bridgehead atoms. The highest BCUT2D eigenvalue weighted by atomic mass is 16.5. The summed E-state index contributed by atoms with van der Waals surface area (Å²) in [5.74, 6) is 3.69. The lowest BCUT2D eigenvalue weighted by atomic mass is 10.0. The quantitative estimate of drug-likeness (QED) is 0.922. The molecule has 0 saturated heterocycles. The molecule has 2 aromatic rings. The molecular weight excluding hydrogens is 268 g/mol. The van der Waals surface area contributed by atoms with E-state index in [9.17, 15) is 0 Å². The van der Waals surface area contributed by atoms with Gasteiger partial charge in [0.1, 0.15) is 17.3 Å². The Kier molecular flexibility index (Phi) is 3.79. The Hall–Kier alpha value is -2.08. The van der Waals surface area contributed by atoms with Crippen molar-refractivity contribution in [3.8, 4) is 22.9 Å². The molecule has 0 radical (unpaired) electrons. The summed E-state index contributed by atoms with van der Waals surface area (Å²) in [7, 11) is 3.27. The summed E-state index contributed by atoms with van der Waals surface area (Å²) in [6, 6.07) is 5.68. The molecule has 1 aliphatic heterocycles. The van der Waals surface area contributed by atoms with Gasteiger partial charge in [0.2, 0.25) is 0 Å². The van der Waals surface area contributed by atoms with Crippen LogP contribution in [0.15, 0.2) is 18.2 Å².